The number of primary sulfonamides is 1. The van der Waals surface area contributed by atoms with Crippen molar-refractivity contribution in [1.82, 2.24) is 0 Å². The van der Waals surface area contributed by atoms with Gasteiger partial charge in [0, 0.05) is 5.69 Å². The fraction of sp³-hybridized carbons (Fsp3) is 0.176. The fourth-order valence-corrected chi connectivity index (χ4v) is 2.64. The molecule has 3 N–H and O–H groups in total. The van der Waals surface area contributed by atoms with Crippen LogP contribution in [0, 0.1) is 5.82 Å². The van der Waals surface area contributed by atoms with Crippen LogP contribution in [0.2, 0.25) is 0 Å². The second kappa shape index (κ2) is 8.17. The summed E-state index contributed by atoms with van der Waals surface area (Å²) in [6.45, 7) is 1.14. The van der Waals surface area contributed by atoms with Crippen molar-refractivity contribution in [3.8, 4) is 0 Å². The first-order valence-corrected chi connectivity index (χ1v) is 9.35. The van der Waals surface area contributed by atoms with E-state index in [-0.39, 0.29) is 5.69 Å². The summed E-state index contributed by atoms with van der Waals surface area (Å²) in [7, 11) is -4.21. The Morgan fingerprint density at radius 1 is 1.10 bits per heavy atom. The quantitative estimate of drug-likeness (QED) is 0.555. The van der Waals surface area contributed by atoms with Crippen molar-refractivity contribution in [3.05, 3.63) is 59.4 Å². The van der Waals surface area contributed by atoms with Gasteiger partial charge in [0.1, 0.15) is 5.82 Å². The van der Waals surface area contributed by atoms with Gasteiger partial charge in [-0.3, -0.25) is 4.79 Å². The molecule has 0 aliphatic rings. The van der Waals surface area contributed by atoms with Gasteiger partial charge in [0.2, 0.25) is 10.0 Å². The molecule has 12 heteroatoms. The zero-order valence-corrected chi connectivity index (χ0v) is 15.5. The van der Waals surface area contributed by atoms with Gasteiger partial charge in [-0.2, -0.15) is 13.2 Å². The molecule has 0 aliphatic heterocycles. The molecule has 7 nitrogen and oxygen atoms in total. The van der Waals surface area contributed by atoms with E-state index in [0.717, 1.165) is 37.3 Å². The topological polar surface area (TPSA) is 116 Å². The normalized spacial score (nSPS) is 12.9. The first-order chi connectivity index (χ1) is 13.3. The molecule has 0 aromatic heterocycles. The lowest BCUT2D eigenvalue weighted by Crippen LogP contribution is -2.30. The average Bonchev–Trinajstić information content (AvgIpc) is 2.60. The van der Waals surface area contributed by atoms with E-state index < -0.39 is 56.0 Å². The second-order valence-corrected chi connectivity index (χ2v) is 7.36. The number of carbonyl (C=O) groups excluding carboxylic acids is 2. The third kappa shape index (κ3) is 5.74. The Morgan fingerprint density at radius 2 is 1.69 bits per heavy atom. The van der Waals surface area contributed by atoms with Crippen LogP contribution in [0.1, 0.15) is 22.8 Å². The highest BCUT2D eigenvalue weighted by atomic mass is 32.2. The minimum atomic E-state index is -4.54. The van der Waals surface area contributed by atoms with Crippen LogP contribution in [0.4, 0.5) is 23.2 Å². The predicted molar refractivity (Wildman–Crippen MR) is 92.7 cm³/mol. The van der Waals surface area contributed by atoms with Gasteiger partial charge >= 0.3 is 12.1 Å². The van der Waals surface area contributed by atoms with Gasteiger partial charge in [-0.25, -0.2) is 22.7 Å². The van der Waals surface area contributed by atoms with Crippen LogP contribution in [0.5, 0.6) is 0 Å². The van der Waals surface area contributed by atoms with Crippen LogP contribution < -0.4 is 10.5 Å². The SMILES string of the molecule is CC(OC(=O)c1cc(S(N)(=O)=O)ccc1F)C(=O)Nc1ccc(C(F)(F)F)cc1. The largest absolute Gasteiger partial charge is 0.449 e. The predicted octanol–water partition coefficient (Wildman–Crippen LogP) is 2.68. The molecule has 0 saturated carbocycles. The zero-order chi connectivity index (χ0) is 22.0. The number of halogens is 4. The second-order valence-electron chi connectivity index (χ2n) is 5.80. The third-order valence-corrected chi connectivity index (χ3v) is 4.53. The molecule has 0 spiro atoms. The first kappa shape index (κ1) is 22.3. The highest BCUT2D eigenvalue weighted by Gasteiger charge is 2.30. The highest BCUT2D eigenvalue weighted by Crippen LogP contribution is 2.29. The fourth-order valence-electron chi connectivity index (χ4n) is 2.10. The number of benzene rings is 2. The number of anilines is 1. The molecule has 29 heavy (non-hydrogen) atoms. The number of hydrogen-bond acceptors (Lipinski definition) is 5. The average molecular weight is 434 g/mol. The van der Waals surface area contributed by atoms with Crippen LogP contribution in [-0.2, 0) is 25.7 Å². The van der Waals surface area contributed by atoms with Gasteiger partial charge in [0.05, 0.1) is 16.0 Å². The minimum absolute atomic E-state index is 0.00769. The van der Waals surface area contributed by atoms with Crippen molar-refractivity contribution in [3.63, 3.8) is 0 Å². The van der Waals surface area contributed by atoms with Gasteiger partial charge in [-0.1, -0.05) is 0 Å². The number of sulfonamides is 1. The standard InChI is InChI=1S/C17H14F4N2O5S/c1-9(15(24)23-11-4-2-10(3-5-11)17(19,20)21)28-16(25)13-8-12(29(22,26)27)6-7-14(13)18/h2-9H,1H3,(H,23,24)(H2,22,26,27). The maximum atomic E-state index is 13.8. The van der Waals surface area contributed by atoms with Crippen molar-refractivity contribution in [2.75, 3.05) is 5.32 Å². The number of carbonyl (C=O) groups is 2. The van der Waals surface area contributed by atoms with Crippen molar-refractivity contribution >= 4 is 27.6 Å². The number of rotatable bonds is 5. The van der Waals surface area contributed by atoms with Gasteiger partial charge in [-0.15, -0.1) is 0 Å². The molecule has 2 aromatic rings. The molecule has 1 unspecified atom stereocenters. The number of ether oxygens (including phenoxy) is 1. The Hall–Kier alpha value is -2.99. The maximum Gasteiger partial charge on any atom is 0.416 e. The van der Waals surface area contributed by atoms with E-state index in [2.05, 4.69) is 5.32 Å². The Labute approximate surface area is 162 Å². The summed E-state index contributed by atoms with van der Waals surface area (Å²) in [5, 5.41) is 7.15. The van der Waals surface area contributed by atoms with Crippen LogP contribution in [0.3, 0.4) is 0 Å². The molecule has 0 radical (unpaired) electrons. The van der Waals surface area contributed by atoms with Crippen LogP contribution >= 0.6 is 0 Å². The van der Waals surface area contributed by atoms with Gasteiger partial charge in [0.15, 0.2) is 6.10 Å². The van der Waals surface area contributed by atoms with Crippen molar-refractivity contribution in [2.24, 2.45) is 5.14 Å². The lowest BCUT2D eigenvalue weighted by atomic mass is 10.2. The summed E-state index contributed by atoms with van der Waals surface area (Å²) >= 11 is 0. The molecule has 1 atom stereocenters. The van der Waals surface area contributed by atoms with E-state index in [9.17, 15) is 35.6 Å². The highest BCUT2D eigenvalue weighted by molar-refractivity contribution is 7.89. The lowest BCUT2D eigenvalue weighted by molar-refractivity contribution is -0.137. The Kier molecular flexibility index (Phi) is 6.28. The van der Waals surface area contributed by atoms with Crippen LogP contribution in [-0.4, -0.2) is 26.4 Å². The molecular weight excluding hydrogens is 420 g/mol. The Bertz CT molecular complexity index is 1040. The number of amides is 1. The van der Waals surface area contributed by atoms with E-state index in [4.69, 9.17) is 9.88 Å². The molecule has 156 valence electrons. The number of esters is 1. The molecular formula is C17H14F4N2O5S. The monoisotopic (exact) mass is 434 g/mol. The van der Waals surface area contributed by atoms with Gasteiger partial charge < -0.3 is 10.1 Å². The van der Waals surface area contributed by atoms with Crippen LogP contribution in [0.25, 0.3) is 0 Å². The van der Waals surface area contributed by atoms with Gasteiger partial charge in [0.25, 0.3) is 5.91 Å². The first-order valence-electron chi connectivity index (χ1n) is 7.80. The molecule has 2 aromatic carbocycles. The number of nitrogens with two attached hydrogens (primary N) is 1. The Balaban J connectivity index is 2.09. The van der Waals surface area contributed by atoms with Crippen molar-refractivity contribution < 1.29 is 40.3 Å². The molecule has 0 saturated heterocycles. The van der Waals surface area contributed by atoms with E-state index in [1.807, 2.05) is 0 Å². The number of hydrogen-bond donors (Lipinski definition) is 2. The number of nitrogens with one attached hydrogen (secondary N) is 1. The minimum Gasteiger partial charge on any atom is -0.449 e. The molecule has 0 bridgehead atoms. The summed E-state index contributed by atoms with van der Waals surface area (Å²) in [5.74, 6) is -3.33. The summed E-state index contributed by atoms with van der Waals surface area (Å²) in [4.78, 5) is 23.6. The lowest BCUT2D eigenvalue weighted by Gasteiger charge is -2.14. The van der Waals surface area contributed by atoms with E-state index in [1.165, 1.54) is 0 Å². The summed E-state index contributed by atoms with van der Waals surface area (Å²) in [6.07, 6.45) is -6.01. The van der Waals surface area contributed by atoms with Crippen molar-refractivity contribution in [1.29, 1.82) is 0 Å². The smallest absolute Gasteiger partial charge is 0.416 e. The number of alkyl halides is 3. The summed E-state index contributed by atoms with van der Waals surface area (Å²) in [5.41, 5.74) is -1.67. The molecule has 1 amide bonds. The van der Waals surface area contributed by atoms with E-state index >= 15 is 0 Å². The summed E-state index contributed by atoms with van der Waals surface area (Å²) < 4.78 is 78.8. The van der Waals surface area contributed by atoms with E-state index in [0.29, 0.717) is 12.1 Å². The van der Waals surface area contributed by atoms with Gasteiger partial charge in [-0.05, 0) is 49.4 Å². The third-order valence-electron chi connectivity index (χ3n) is 3.62. The van der Waals surface area contributed by atoms with E-state index in [1.54, 1.807) is 0 Å². The summed E-state index contributed by atoms with van der Waals surface area (Å²) in [6, 6.07) is 5.72. The van der Waals surface area contributed by atoms with Crippen LogP contribution in [0.15, 0.2) is 47.4 Å². The molecule has 0 heterocycles. The zero-order valence-electron chi connectivity index (χ0n) is 14.7. The Morgan fingerprint density at radius 3 is 2.21 bits per heavy atom. The maximum absolute atomic E-state index is 13.8. The molecule has 0 aliphatic carbocycles. The molecule has 0 fully saturated rings. The van der Waals surface area contributed by atoms with Crippen molar-refractivity contribution in [2.45, 2.75) is 24.1 Å². The molecule has 2 rings (SSSR count).